The molecule has 1 aromatic carbocycles. The van der Waals surface area contributed by atoms with Crippen molar-refractivity contribution in [3.63, 3.8) is 0 Å². The molecule has 0 radical (unpaired) electrons. The fourth-order valence-corrected chi connectivity index (χ4v) is 1.85. The Balaban J connectivity index is 2.62. The molecule has 0 aromatic heterocycles. The molecule has 0 amide bonds. The number of rotatable bonds is 5. The summed E-state index contributed by atoms with van der Waals surface area (Å²) in [6.45, 7) is 4.42. The average Bonchev–Trinajstić information content (AvgIpc) is 2.27. The first-order chi connectivity index (χ1) is 7.17. The van der Waals surface area contributed by atoms with Gasteiger partial charge in [-0.15, -0.1) is 0 Å². The summed E-state index contributed by atoms with van der Waals surface area (Å²) < 4.78 is 1.12. The van der Waals surface area contributed by atoms with Crippen molar-refractivity contribution in [3.8, 4) is 0 Å². The van der Waals surface area contributed by atoms with Gasteiger partial charge in [0.05, 0.1) is 0 Å². The number of nitrogens with one attached hydrogen (secondary N) is 1. The van der Waals surface area contributed by atoms with Crippen molar-refractivity contribution in [2.24, 2.45) is 11.8 Å². The van der Waals surface area contributed by atoms with Crippen LogP contribution in [0.15, 0.2) is 28.7 Å². The van der Waals surface area contributed by atoms with Crippen LogP contribution in [-0.4, -0.2) is 6.04 Å². The number of hydrogen-bond acceptors (Lipinski definition) is 2. The van der Waals surface area contributed by atoms with Crippen LogP contribution in [0.25, 0.3) is 0 Å². The molecule has 0 saturated carbocycles. The van der Waals surface area contributed by atoms with Crippen molar-refractivity contribution in [1.29, 1.82) is 0 Å². The summed E-state index contributed by atoms with van der Waals surface area (Å²) >= 11 is 3.43. The highest BCUT2D eigenvalue weighted by Crippen LogP contribution is 2.15. The van der Waals surface area contributed by atoms with E-state index in [4.69, 9.17) is 5.84 Å². The van der Waals surface area contributed by atoms with E-state index in [2.05, 4.69) is 59.5 Å². The van der Waals surface area contributed by atoms with Gasteiger partial charge in [0.15, 0.2) is 0 Å². The highest BCUT2D eigenvalue weighted by atomic mass is 79.9. The molecule has 0 fully saturated rings. The Labute approximate surface area is 100 Å². The van der Waals surface area contributed by atoms with Crippen molar-refractivity contribution < 1.29 is 0 Å². The molecule has 3 N–H and O–H groups in total. The number of benzene rings is 1. The van der Waals surface area contributed by atoms with Gasteiger partial charge in [-0.05, 0) is 30.0 Å². The average molecular weight is 271 g/mol. The molecular formula is C12H19BrN2. The third kappa shape index (κ3) is 3.93. The second-order valence-corrected chi connectivity index (χ2v) is 4.90. The van der Waals surface area contributed by atoms with E-state index < -0.39 is 0 Å². The van der Waals surface area contributed by atoms with Gasteiger partial charge in [0, 0.05) is 10.5 Å². The summed E-state index contributed by atoms with van der Waals surface area (Å²) in [5.74, 6) is 6.16. The van der Waals surface area contributed by atoms with Crippen LogP contribution < -0.4 is 11.3 Å². The van der Waals surface area contributed by atoms with Gasteiger partial charge in [-0.3, -0.25) is 11.3 Å². The minimum Gasteiger partial charge on any atom is -0.271 e. The molecule has 0 spiro atoms. The summed E-state index contributed by atoms with van der Waals surface area (Å²) in [5, 5.41) is 0. The Hall–Kier alpha value is -0.380. The van der Waals surface area contributed by atoms with E-state index in [1.807, 2.05) is 0 Å². The number of halogens is 1. The number of nitrogens with two attached hydrogens (primary N) is 1. The fraction of sp³-hybridized carbons (Fsp3) is 0.500. The quantitative estimate of drug-likeness (QED) is 0.638. The van der Waals surface area contributed by atoms with Gasteiger partial charge in [-0.25, -0.2) is 0 Å². The largest absolute Gasteiger partial charge is 0.271 e. The van der Waals surface area contributed by atoms with Gasteiger partial charge >= 0.3 is 0 Å². The van der Waals surface area contributed by atoms with Crippen LogP contribution in [-0.2, 0) is 6.42 Å². The van der Waals surface area contributed by atoms with E-state index >= 15 is 0 Å². The lowest BCUT2D eigenvalue weighted by molar-refractivity contribution is 0.370. The zero-order valence-corrected chi connectivity index (χ0v) is 10.9. The molecule has 0 bridgehead atoms. The van der Waals surface area contributed by atoms with E-state index in [0.717, 1.165) is 17.3 Å². The molecule has 2 nitrogen and oxygen atoms in total. The maximum Gasteiger partial charge on any atom is 0.0276 e. The van der Waals surface area contributed by atoms with Crippen molar-refractivity contribution in [3.05, 3.63) is 34.3 Å². The zero-order valence-electron chi connectivity index (χ0n) is 9.33. The van der Waals surface area contributed by atoms with E-state index in [1.165, 1.54) is 5.56 Å². The van der Waals surface area contributed by atoms with Gasteiger partial charge in [-0.2, -0.15) is 0 Å². The van der Waals surface area contributed by atoms with Crippen molar-refractivity contribution in [2.75, 3.05) is 0 Å². The molecule has 0 aliphatic carbocycles. The molecule has 3 heteroatoms. The zero-order chi connectivity index (χ0) is 11.3. The van der Waals surface area contributed by atoms with Crippen LogP contribution in [0.3, 0.4) is 0 Å². The van der Waals surface area contributed by atoms with E-state index in [0.29, 0.717) is 12.0 Å². The van der Waals surface area contributed by atoms with E-state index in [1.54, 1.807) is 0 Å². The first-order valence-electron chi connectivity index (χ1n) is 5.38. The van der Waals surface area contributed by atoms with Crippen LogP contribution in [0.1, 0.15) is 25.8 Å². The lowest BCUT2D eigenvalue weighted by Gasteiger charge is -2.22. The minimum absolute atomic E-state index is 0.358. The van der Waals surface area contributed by atoms with Crippen molar-refractivity contribution in [1.82, 2.24) is 5.43 Å². The number of hydrogen-bond donors (Lipinski definition) is 2. The summed E-state index contributed by atoms with van der Waals surface area (Å²) in [5.41, 5.74) is 4.22. The van der Waals surface area contributed by atoms with Gasteiger partial charge in [-0.1, -0.05) is 48.3 Å². The van der Waals surface area contributed by atoms with Crippen LogP contribution in [0.4, 0.5) is 0 Å². The number of hydrazine groups is 1. The Morgan fingerprint density at radius 1 is 1.33 bits per heavy atom. The minimum atomic E-state index is 0.358. The summed E-state index contributed by atoms with van der Waals surface area (Å²) in [7, 11) is 0. The summed E-state index contributed by atoms with van der Waals surface area (Å²) in [6, 6.07) is 8.77. The molecule has 0 heterocycles. The molecule has 0 saturated heterocycles. The summed E-state index contributed by atoms with van der Waals surface area (Å²) in [6.07, 6.45) is 2.13. The SMILES string of the molecule is CCC(C)C(Cc1ccc(Br)cc1)NN. The molecule has 15 heavy (non-hydrogen) atoms. The molecule has 0 aliphatic rings. The highest BCUT2D eigenvalue weighted by molar-refractivity contribution is 9.10. The predicted octanol–water partition coefficient (Wildman–Crippen LogP) is 2.87. The Morgan fingerprint density at radius 3 is 2.40 bits per heavy atom. The molecule has 2 unspecified atom stereocenters. The second kappa shape index (κ2) is 6.26. The lowest BCUT2D eigenvalue weighted by atomic mass is 9.94. The molecule has 1 aromatic rings. The molecule has 1 rings (SSSR count). The van der Waals surface area contributed by atoms with Crippen molar-refractivity contribution in [2.45, 2.75) is 32.7 Å². The highest BCUT2D eigenvalue weighted by Gasteiger charge is 2.14. The topological polar surface area (TPSA) is 38.0 Å². The molecule has 84 valence electrons. The van der Waals surface area contributed by atoms with Crippen LogP contribution in [0.2, 0.25) is 0 Å². The summed E-state index contributed by atoms with van der Waals surface area (Å²) in [4.78, 5) is 0. The van der Waals surface area contributed by atoms with Gasteiger partial charge in [0.2, 0.25) is 0 Å². The van der Waals surface area contributed by atoms with Gasteiger partial charge < -0.3 is 0 Å². The third-order valence-corrected chi connectivity index (χ3v) is 3.44. The van der Waals surface area contributed by atoms with Crippen LogP contribution in [0.5, 0.6) is 0 Å². The van der Waals surface area contributed by atoms with E-state index in [9.17, 15) is 0 Å². The van der Waals surface area contributed by atoms with Gasteiger partial charge in [0.1, 0.15) is 0 Å². The Bertz CT molecular complexity index is 284. The Morgan fingerprint density at radius 2 is 1.93 bits per heavy atom. The maximum atomic E-state index is 5.57. The molecule has 2 atom stereocenters. The fourth-order valence-electron chi connectivity index (χ4n) is 1.58. The maximum absolute atomic E-state index is 5.57. The first kappa shape index (κ1) is 12.7. The third-order valence-electron chi connectivity index (χ3n) is 2.91. The van der Waals surface area contributed by atoms with Crippen LogP contribution in [0, 0.1) is 5.92 Å². The van der Waals surface area contributed by atoms with E-state index in [-0.39, 0.29) is 0 Å². The Kier molecular flexibility index (Phi) is 5.29. The second-order valence-electron chi connectivity index (χ2n) is 3.99. The monoisotopic (exact) mass is 270 g/mol. The molecular weight excluding hydrogens is 252 g/mol. The standard InChI is InChI=1S/C12H19BrN2/c1-3-9(2)12(15-14)8-10-4-6-11(13)7-5-10/h4-7,9,12,15H,3,8,14H2,1-2H3. The first-order valence-corrected chi connectivity index (χ1v) is 6.17. The lowest BCUT2D eigenvalue weighted by Crippen LogP contribution is -2.41. The van der Waals surface area contributed by atoms with Crippen LogP contribution >= 0.6 is 15.9 Å². The van der Waals surface area contributed by atoms with Crippen molar-refractivity contribution >= 4 is 15.9 Å². The normalized spacial score (nSPS) is 14.9. The molecule has 0 aliphatic heterocycles. The van der Waals surface area contributed by atoms with Gasteiger partial charge in [0.25, 0.3) is 0 Å². The predicted molar refractivity (Wildman–Crippen MR) is 68.4 cm³/mol. The smallest absolute Gasteiger partial charge is 0.0276 e.